The van der Waals surface area contributed by atoms with E-state index in [9.17, 15) is 14.3 Å². The predicted molar refractivity (Wildman–Crippen MR) is 88.2 cm³/mol. The normalized spacial score (nSPS) is 14.1. The minimum absolute atomic E-state index is 0.0472. The summed E-state index contributed by atoms with van der Waals surface area (Å²) in [6, 6.07) is 6.59. The van der Waals surface area contributed by atoms with Crippen LogP contribution in [0.4, 0.5) is 15.0 Å². The van der Waals surface area contributed by atoms with Gasteiger partial charge in [0.15, 0.2) is 5.82 Å². The molecule has 6 nitrogen and oxygen atoms in total. The van der Waals surface area contributed by atoms with Crippen LogP contribution in [0.15, 0.2) is 34.9 Å². The van der Waals surface area contributed by atoms with Gasteiger partial charge in [0.05, 0.1) is 6.54 Å². The lowest BCUT2D eigenvalue weighted by Crippen LogP contribution is -2.40. The molecule has 0 saturated heterocycles. The molecular formula is C17H22FN3O3. The van der Waals surface area contributed by atoms with Gasteiger partial charge in [0, 0.05) is 11.5 Å². The quantitative estimate of drug-likeness (QED) is 0.801. The molecule has 7 heteroatoms. The van der Waals surface area contributed by atoms with Gasteiger partial charge in [0.1, 0.15) is 17.2 Å². The van der Waals surface area contributed by atoms with Gasteiger partial charge >= 0.3 is 6.03 Å². The number of hydrogen-bond acceptors (Lipinski definition) is 4. The second kappa shape index (κ2) is 6.60. The van der Waals surface area contributed by atoms with Crippen LogP contribution >= 0.6 is 0 Å². The van der Waals surface area contributed by atoms with E-state index in [1.54, 1.807) is 6.07 Å². The molecular weight excluding hydrogens is 313 g/mol. The van der Waals surface area contributed by atoms with E-state index in [2.05, 4.69) is 15.8 Å². The molecule has 3 N–H and O–H groups in total. The number of amides is 2. The van der Waals surface area contributed by atoms with Crippen LogP contribution < -0.4 is 10.6 Å². The molecule has 130 valence electrons. The van der Waals surface area contributed by atoms with Gasteiger partial charge in [-0.3, -0.25) is 5.32 Å². The average molecular weight is 335 g/mol. The molecule has 1 atom stereocenters. The van der Waals surface area contributed by atoms with Gasteiger partial charge in [0.25, 0.3) is 0 Å². The summed E-state index contributed by atoms with van der Waals surface area (Å²) in [7, 11) is 0. The summed E-state index contributed by atoms with van der Waals surface area (Å²) in [5.41, 5.74) is -1.04. The predicted octanol–water partition coefficient (Wildman–Crippen LogP) is 3.14. The molecule has 1 aromatic heterocycles. The summed E-state index contributed by atoms with van der Waals surface area (Å²) in [5, 5.41) is 19.3. The number of carbonyl (C=O) groups is 1. The number of urea groups is 1. The zero-order valence-electron chi connectivity index (χ0n) is 14.2. The van der Waals surface area contributed by atoms with Crippen molar-refractivity contribution in [2.24, 2.45) is 0 Å². The van der Waals surface area contributed by atoms with Crippen LogP contribution in [0.3, 0.4) is 0 Å². The molecule has 0 aliphatic carbocycles. The van der Waals surface area contributed by atoms with Gasteiger partial charge in [-0.05, 0) is 24.6 Å². The number of carbonyl (C=O) groups excluding carboxylic acids is 1. The Kier molecular flexibility index (Phi) is 4.94. The molecule has 24 heavy (non-hydrogen) atoms. The van der Waals surface area contributed by atoms with Gasteiger partial charge in [-0.2, -0.15) is 0 Å². The Morgan fingerprint density at radius 3 is 2.42 bits per heavy atom. The van der Waals surface area contributed by atoms with Crippen molar-refractivity contribution in [2.75, 3.05) is 11.9 Å². The fourth-order valence-corrected chi connectivity index (χ4v) is 2.01. The molecule has 0 radical (unpaired) electrons. The van der Waals surface area contributed by atoms with Crippen molar-refractivity contribution in [3.05, 3.63) is 47.5 Å². The first-order valence-corrected chi connectivity index (χ1v) is 7.58. The van der Waals surface area contributed by atoms with Gasteiger partial charge in [-0.25, -0.2) is 9.18 Å². The molecule has 0 fully saturated rings. The number of halogens is 1. The Morgan fingerprint density at radius 2 is 1.88 bits per heavy atom. The molecule has 0 bridgehead atoms. The van der Waals surface area contributed by atoms with E-state index in [1.807, 2.05) is 20.8 Å². The van der Waals surface area contributed by atoms with Gasteiger partial charge in [0.2, 0.25) is 0 Å². The van der Waals surface area contributed by atoms with Crippen molar-refractivity contribution in [1.29, 1.82) is 0 Å². The van der Waals surface area contributed by atoms with E-state index in [1.165, 1.54) is 31.2 Å². The Bertz CT molecular complexity index is 703. The maximum atomic E-state index is 12.9. The minimum Gasteiger partial charge on any atom is -0.384 e. The summed E-state index contributed by atoms with van der Waals surface area (Å²) in [4.78, 5) is 11.9. The van der Waals surface area contributed by atoms with E-state index in [4.69, 9.17) is 4.52 Å². The highest BCUT2D eigenvalue weighted by molar-refractivity contribution is 5.88. The molecule has 1 unspecified atom stereocenters. The van der Waals surface area contributed by atoms with Crippen LogP contribution in [0.5, 0.6) is 0 Å². The monoisotopic (exact) mass is 335 g/mol. The number of anilines is 1. The molecule has 2 rings (SSSR count). The van der Waals surface area contributed by atoms with E-state index >= 15 is 0 Å². The minimum atomic E-state index is -1.33. The van der Waals surface area contributed by atoms with Crippen LogP contribution in [0.2, 0.25) is 0 Å². The largest absolute Gasteiger partial charge is 0.384 e. The third kappa shape index (κ3) is 4.55. The third-order valence-corrected chi connectivity index (χ3v) is 3.55. The number of nitrogens with zero attached hydrogens (tertiary/aromatic N) is 1. The first-order chi connectivity index (χ1) is 11.1. The highest BCUT2D eigenvalue weighted by Gasteiger charge is 2.24. The number of aliphatic hydroxyl groups is 1. The number of aromatic nitrogens is 1. The van der Waals surface area contributed by atoms with Crippen molar-refractivity contribution >= 4 is 11.8 Å². The van der Waals surface area contributed by atoms with E-state index in [-0.39, 0.29) is 17.8 Å². The van der Waals surface area contributed by atoms with Crippen LogP contribution in [0.1, 0.15) is 39.0 Å². The Labute approximate surface area is 140 Å². The van der Waals surface area contributed by atoms with Gasteiger partial charge < -0.3 is 14.9 Å². The molecule has 0 aliphatic heterocycles. The SMILES string of the molecule is CC(C)(C)c1cc(NC(=O)NCC(C)(O)c2ccc(F)cc2)no1. The third-order valence-electron chi connectivity index (χ3n) is 3.55. The van der Waals surface area contributed by atoms with Crippen LogP contribution in [0, 0.1) is 5.82 Å². The molecule has 0 spiro atoms. The molecule has 2 amide bonds. The molecule has 0 saturated carbocycles. The molecule has 2 aromatic rings. The maximum absolute atomic E-state index is 12.9. The first kappa shape index (κ1) is 17.9. The second-order valence-corrected chi connectivity index (χ2v) is 6.91. The highest BCUT2D eigenvalue weighted by atomic mass is 19.1. The average Bonchev–Trinajstić information content (AvgIpc) is 2.94. The summed E-state index contributed by atoms with van der Waals surface area (Å²) in [5.74, 6) is 0.552. The molecule has 1 heterocycles. The lowest BCUT2D eigenvalue weighted by molar-refractivity contribution is 0.0599. The van der Waals surface area contributed by atoms with E-state index < -0.39 is 11.6 Å². The van der Waals surface area contributed by atoms with Crippen LogP contribution in [-0.4, -0.2) is 22.8 Å². The van der Waals surface area contributed by atoms with E-state index in [0.717, 1.165) is 0 Å². The molecule has 1 aromatic carbocycles. The van der Waals surface area contributed by atoms with Crippen molar-refractivity contribution in [3.8, 4) is 0 Å². The smallest absolute Gasteiger partial charge is 0.320 e. The number of nitrogens with one attached hydrogen (secondary N) is 2. The zero-order valence-corrected chi connectivity index (χ0v) is 14.2. The van der Waals surface area contributed by atoms with Gasteiger partial charge in [-0.15, -0.1) is 0 Å². The van der Waals surface area contributed by atoms with E-state index in [0.29, 0.717) is 17.1 Å². The van der Waals surface area contributed by atoms with Crippen LogP contribution in [-0.2, 0) is 11.0 Å². The highest BCUT2D eigenvalue weighted by Crippen LogP contribution is 2.24. The fourth-order valence-electron chi connectivity index (χ4n) is 2.01. The number of benzene rings is 1. The van der Waals surface area contributed by atoms with Crippen molar-refractivity contribution in [3.63, 3.8) is 0 Å². The number of hydrogen-bond donors (Lipinski definition) is 3. The lowest BCUT2D eigenvalue weighted by Gasteiger charge is -2.24. The van der Waals surface area contributed by atoms with Crippen LogP contribution in [0.25, 0.3) is 0 Å². The first-order valence-electron chi connectivity index (χ1n) is 7.58. The number of rotatable bonds is 4. The topological polar surface area (TPSA) is 87.4 Å². The summed E-state index contributed by atoms with van der Waals surface area (Å²) < 4.78 is 18.1. The van der Waals surface area contributed by atoms with Crippen molar-refractivity contribution in [2.45, 2.75) is 38.7 Å². The van der Waals surface area contributed by atoms with Crippen molar-refractivity contribution in [1.82, 2.24) is 10.5 Å². The zero-order chi connectivity index (χ0) is 18.0. The molecule has 0 aliphatic rings. The summed E-state index contributed by atoms with van der Waals surface area (Å²) >= 11 is 0. The Balaban J connectivity index is 1.93. The van der Waals surface area contributed by atoms with Gasteiger partial charge in [-0.1, -0.05) is 38.1 Å². The lowest BCUT2D eigenvalue weighted by atomic mass is 9.93. The maximum Gasteiger partial charge on any atom is 0.320 e. The summed E-state index contributed by atoms with van der Waals surface area (Å²) in [6.07, 6.45) is 0. The fraction of sp³-hybridized carbons (Fsp3) is 0.412. The standard InChI is InChI=1S/C17H22FN3O3/c1-16(2,3)13-9-14(21-24-13)20-15(22)19-10-17(4,23)11-5-7-12(18)8-6-11/h5-9,23H,10H2,1-4H3,(H2,19,20,21,22). The second-order valence-electron chi connectivity index (χ2n) is 6.91. The Hall–Kier alpha value is -2.41. The summed E-state index contributed by atoms with van der Waals surface area (Å²) in [6.45, 7) is 7.40. The van der Waals surface area contributed by atoms with Crippen molar-refractivity contribution < 1.29 is 18.8 Å². The Morgan fingerprint density at radius 1 is 1.25 bits per heavy atom.